The molecule has 0 bridgehead atoms. The number of hydrogen-bond acceptors (Lipinski definition) is 5. The van der Waals surface area contributed by atoms with Gasteiger partial charge in [0.15, 0.2) is 0 Å². The molecule has 0 amide bonds. The maximum absolute atomic E-state index is 12.0. The summed E-state index contributed by atoms with van der Waals surface area (Å²) in [6, 6.07) is 10.6. The molecule has 0 unspecified atom stereocenters. The maximum atomic E-state index is 12.0. The second-order valence-electron chi connectivity index (χ2n) is 4.12. The van der Waals surface area contributed by atoms with Gasteiger partial charge in [-0.25, -0.2) is 0 Å². The lowest BCUT2D eigenvalue weighted by atomic mass is 10.2. The van der Waals surface area contributed by atoms with E-state index in [1.807, 2.05) is 0 Å². The maximum Gasteiger partial charge on any atom is 0.339 e. The first-order valence-corrected chi connectivity index (χ1v) is 6.95. The van der Waals surface area contributed by atoms with Gasteiger partial charge in [0.25, 0.3) is 0 Å². The summed E-state index contributed by atoms with van der Waals surface area (Å²) >= 11 is 0. The van der Waals surface area contributed by atoms with E-state index >= 15 is 0 Å². The first-order chi connectivity index (χ1) is 8.88. The summed E-state index contributed by atoms with van der Waals surface area (Å²) in [5.41, 5.74) is 13.0. The molecule has 100 valence electrons. The summed E-state index contributed by atoms with van der Waals surface area (Å²) in [6.07, 6.45) is 0. The van der Waals surface area contributed by atoms with Crippen molar-refractivity contribution in [3.05, 3.63) is 48.0 Å². The van der Waals surface area contributed by atoms with Crippen molar-refractivity contribution >= 4 is 21.5 Å². The van der Waals surface area contributed by atoms with Crippen molar-refractivity contribution in [2.45, 2.75) is 11.8 Å². The van der Waals surface area contributed by atoms with E-state index in [9.17, 15) is 8.42 Å². The lowest BCUT2D eigenvalue weighted by molar-refractivity contribution is 0.486. The van der Waals surface area contributed by atoms with Crippen LogP contribution in [0.5, 0.6) is 5.75 Å². The van der Waals surface area contributed by atoms with Crippen molar-refractivity contribution in [1.29, 1.82) is 0 Å². The number of aryl methyl sites for hydroxylation is 1. The molecule has 0 atom stereocenters. The largest absolute Gasteiger partial charge is 0.399 e. The molecule has 0 saturated heterocycles. The number of hydrogen-bond donors (Lipinski definition) is 2. The van der Waals surface area contributed by atoms with Gasteiger partial charge in [0, 0.05) is 11.4 Å². The van der Waals surface area contributed by atoms with Gasteiger partial charge in [0.05, 0.1) is 0 Å². The standard InChI is InChI=1S/C13H14N2O3S/c1-9-2-7-12(8-13(9)15)19(16,17)18-11-5-3-10(14)4-6-11/h2-8H,14-15H2,1H3. The second-order valence-corrected chi connectivity index (χ2v) is 5.67. The topological polar surface area (TPSA) is 95.4 Å². The van der Waals surface area contributed by atoms with E-state index in [4.69, 9.17) is 15.7 Å². The summed E-state index contributed by atoms with van der Waals surface area (Å²) in [5, 5.41) is 0. The number of rotatable bonds is 3. The van der Waals surface area contributed by atoms with Crippen molar-refractivity contribution < 1.29 is 12.6 Å². The third kappa shape index (κ3) is 2.97. The molecular weight excluding hydrogens is 264 g/mol. The molecule has 0 saturated carbocycles. The number of nitrogen functional groups attached to an aromatic ring is 2. The molecule has 2 aromatic carbocycles. The van der Waals surface area contributed by atoms with Gasteiger partial charge in [0.1, 0.15) is 10.6 Å². The minimum Gasteiger partial charge on any atom is -0.399 e. The third-order valence-electron chi connectivity index (χ3n) is 2.63. The van der Waals surface area contributed by atoms with Crippen molar-refractivity contribution in [3.8, 4) is 5.75 Å². The average Bonchev–Trinajstić information content (AvgIpc) is 2.35. The summed E-state index contributed by atoms with van der Waals surface area (Å²) in [7, 11) is -3.89. The first-order valence-electron chi connectivity index (χ1n) is 5.54. The van der Waals surface area contributed by atoms with Gasteiger partial charge in [-0.05, 0) is 48.9 Å². The van der Waals surface area contributed by atoms with Crippen molar-refractivity contribution in [3.63, 3.8) is 0 Å². The Kier molecular flexibility index (Phi) is 3.35. The molecule has 0 radical (unpaired) electrons. The van der Waals surface area contributed by atoms with Crippen LogP contribution in [0.25, 0.3) is 0 Å². The van der Waals surface area contributed by atoms with Gasteiger partial charge in [0.2, 0.25) is 0 Å². The number of anilines is 2. The highest BCUT2D eigenvalue weighted by atomic mass is 32.2. The molecule has 0 spiro atoms. The van der Waals surface area contributed by atoms with Gasteiger partial charge in [-0.1, -0.05) is 6.07 Å². The Balaban J connectivity index is 2.32. The molecule has 2 rings (SSSR count). The predicted octanol–water partition coefficient (Wildman–Crippen LogP) is 1.93. The van der Waals surface area contributed by atoms with Crippen LogP contribution in [0, 0.1) is 6.92 Å². The van der Waals surface area contributed by atoms with E-state index in [0.717, 1.165) is 5.56 Å². The molecular formula is C13H14N2O3S. The fourth-order valence-corrected chi connectivity index (χ4v) is 2.44. The fraction of sp³-hybridized carbons (Fsp3) is 0.0769. The Bertz CT molecular complexity index is 694. The molecule has 0 heterocycles. The zero-order valence-corrected chi connectivity index (χ0v) is 11.1. The van der Waals surface area contributed by atoms with E-state index in [2.05, 4.69) is 0 Å². The van der Waals surface area contributed by atoms with Crippen LogP contribution in [0.15, 0.2) is 47.4 Å². The van der Waals surface area contributed by atoms with Crippen LogP contribution in [-0.4, -0.2) is 8.42 Å². The van der Waals surface area contributed by atoms with Crippen molar-refractivity contribution in [1.82, 2.24) is 0 Å². The summed E-state index contributed by atoms with van der Waals surface area (Å²) < 4.78 is 29.1. The van der Waals surface area contributed by atoms with E-state index in [-0.39, 0.29) is 10.6 Å². The molecule has 5 nitrogen and oxygen atoms in total. The minimum atomic E-state index is -3.89. The summed E-state index contributed by atoms with van der Waals surface area (Å²) in [5.74, 6) is 0.202. The molecule has 0 aromatic heterocycles. The molecule has 6 heteroatoms. The molecule has 0 aliphatic rings. The number of benzene rings is 2. The Labute approximate surface area is 111 Å². The normalized spacial score (nSPS) is 11.2. The molecule has 19 heavy (non-hydrogen) atoms. The van der Waals surface area contributed by atoms with Crippen LogP contribution in [0.4, 0.5) is 11.4 Å². The highest BCUT2D eigenvalue weighted by molar-refractivity contribution is 7.87. The smallest absolute Gasteiger partial charge is 0.339 e. The van der Waals surface area contributed by atoms with Crippen molar-refractivity contribution in [2.24, 2.45) is 0 Å². The molecule has 4 N–H and O–H groups in total. The minimum absolute atomic E-state index is 0.0208. The zero-order valence-electron chi connectivity index (χ0n) is 10.3. The Morgan fingerprint density at radius 1 is 1.00 bits per heavy atom. The number of nitrogens with two attached hydrogens (primary N) is 2. The third-order valence-corrected chi connectivity index (χ3v) is 3.87. The lowest BCUT2D eigenvalue weighted by Crippen LogP contribution is -2.10. The van der Waals surface area contributed by atoms with Gasteiger partial charge in [-0.3, -0.25) is 0 Å². The molecule has 0 aliphatic heterocycles. The monoisotopic (exact) mass is 278 g/mol. The molecule has 2 aromatic rings. The summed E-state index contributed by atoms with van der Waals surface area (Å²) in [4.78, 5) is 0.0208. The fourth-order valence-electron chi connectivity index (χ4n) is 1.47. The zero-order chi connectivity index (χ0) is 14.0. The molecule has 0 fully saturated rings. The highest BCUT2D eigenvalue weighted by Gasteiger charge is 2.17. The Morgan fingerprint density at radius 2 is 1.63 bits per heavy atom. The van der Waals surface area contributed by atoms with Crippen molar-refractivity contribution in [2.75, 3.05) is 11.5 Å². The SMILES string of the molecule is Cc1ccc(S(=O)(=O)Oc2ccc(N)cc2)cc1N. The first kappa shape index (κ1) is 13.2. The quantitative estimate of drug-likeness (QED) is 0.660. The van der Waals surface area contributed by atoms with E-state index in [1.54, 1.807) is 25.1 Å². The second kappa shape index (κ2) is 4.81. The Hall–Kier alpha value is -2.21. The van der Waals surface area contributed by atoms with Crippen LogP contribution in [0.3, 0.4) is 0 Å². The van der Waals surface area contributed by atoms with Gasteiger partial charge < -0.3 is 15.7 Å². The lowest BCUT2D eigenvalue weighted by Gasteiger charge is -2.08. The van der Waals surface area contributed by atoms with Crippen LogP contribution in [0.2, 0.25) is 0 Å². The van der Waals surface area contributed by atoms with Gasteiger partial charge in [-0.15, -0.1) is 0 Å². The summed E-state index contributed by atoms with van der Waals surface area (Å²) in [6.45, 7) is 1.80. The van der Waals surface area contributed by atoms with Crippen LogP contribution < -0.4 is 15.7 Å². The average molecular weight is 278 g/mol. The van der Waals surface area contributed by atoms with Crippen LogP contribution in [-0.2, 0) is 10.1 Å². The van der Waals surface area contributed by atoms with E-state index < -0.39 is 10.1 Å². The molecule has 0 aliphatic carbocycles. The van der Waals surface area contributed by atoms with Gasteiger partial charge in [-0.2, -0.15) is 8.42 Å². The van der Waals surface area contributed by atoms with E-state index in [1.165, 1.54) is 24.3 Å². The highest BCUT2D eigenvalue weighted by Crippen LogP contribution is 2.22. The van der Waals surface area contributed by atoms with Crippen LogP contribution >= 0.6 is 0 Å². The predicted molar refractivity (Wildman–Crippen MR) is 74.3 cm³/mol. The van der Waals surface area contributed by atoms with Crippen LogP contribution in [0.1, 0.15) is 5.56 Å². The Morgan fingerprint density at radius 3 is 2.21 bits per heavy atom. The van der Waals surface area contributed by atoms with Gasteiger partial charge >= 0.3 is 10.1 Å². The van der Waals surface area contributed by atoms with E-state index in [0.29, 0.717) is 11.4 Å².